The van der Waals surface area contributed by atoms with Gasteiger partial charge in [0.25, 0.3) is 0 Å². The van der Waals surface area contributed by atoms with E-state index >= 15 is 4.39 Å². The van der Waals surface area contributed by atoms with Crippen LogP contribution in [-0.2, 0) is 4.74 Å². The standard InChI is InChI=1S/C32H37FN6O/c1-7-24-28-26(18-25(33)32(24)37(4)5)39(31(21-11-9-8-10-12-21)22-13-15-40-16-14-22)27-17-23(19-36-29(27)28)30(38(6)34)20(2)35-3/h7-12,17-19,22,31H,1,3,13-16,34H2,2,4-6H3/b30-20-/t31-/m1/s1. The number of pyridine rings is 1. The van der Waals surface area contributed by atoms with Gasteiger partial charge in [-0.05, 0) is 44.0 Å². The first-order valence-corrected chi connectivity index (χ1v) is 13.5. The number of hydrazine groups is 1. The normalized spacial score (nSPS) is 15.7. The Labute approximate surface area is 235 Å². The van der Waals surface area contributed by atoms with E-state index in [1.54, 1.807) is 30.3 Å². The molecule has 208 valence electrons. The molecule has 0 spiro atoms. The molecule has 4 aromatic rings. The molecule has 0 unspecified atom stereocenters. The predicted octanol–water partition coefficient (Wildman–Crippen LogP) is 6.25. The summed E-state index contributed by atoms with van der Waals surface area (Å²) >= 11 is 0. The topological polar surface area (TPSA) is 71.9 Å². The van der Waals surface area contributed by atoms with Crippen molar-refractivity contribution in [3.63, 3.8) is 0 Å². The van der Waals surface area contributed by atoms with Crippen LogP contribution in [0.3, 0.4) is 0 Å². The lowest BCUT2D eigenvalue weighted by Gasteiger charge is -2.33. The first kappa shape index (κ1) is 27.6. The Morgan fingerprint density at radius 1 is 1.18 bits per heavy atom. The summed E-state index contributed by atoms with van der Waals surface area (Å²) < 4.78 is 23.9. The molecule has 7 nitrogen and oxygen atoms in total. The monoisotopic (exact) mass is 540 g/mol. The van der Waals surface area contributed by atoms with Crippen LogP contribution in [0.15, 0.2) is 65.9 Å². The second-order valence-corrected chi connectivity index (χ2v) is 10.6. The van der Waals surface area contributed by atoms with E-state index in [2.05, 4.69) is 53.2 Å². The molecule has 2 aromatic heterocycles. The predicted molar refractivity (Wildman–Crippen MR) is 164 cm³/mol. The molecule has 1 aliphatic rings. The van der Waals surface area contributed by atoms with Crippen LogP contribution in [0, 0.1) is 11.7 Å². The second-order valence-electron chi connectivity index (χ2n) is 10.6. The minimum absolute atomic E-state index is 0.0638. The highest BCUT2D eigenvalue weighted by molar-refractivity contribution is 6.12. The van der Waals surface area contributed by atoms with Crippen LogP contribution in [0.2, 0.25) is 0 Å². The fourth-order valence-electron chi connectivity index (χ4n) is 6.18. The molecule has 1 aliphatic heterocycles. The number of halogens is 1. The maximum absolute atomic E-state index is 15.9. The average molecular weight is 541 g/mol. The van der Waals surface area contributed by atoms with Gasteiger partial charge < -0.3 is 19.2 Å². The van der Waals surface area contributed by atoms with Crippen molar-refractivity contribution < 1.29 is 9.13 Å². The fourth-order valence-corrected chi connectivity index (χ4v) is 6.18. The maximum atomic E-state index is 15.9. The number of allylic oxidation sites excluding steroid dienone is 1. The van der Waals surface area contributed by atoms with Gasteiger partial charge in [0, 0.05) is 63.1 Å². The van der Waals surface area contributed by atoms with Crippen molar-refractivity contribution in [3.8, 4) is 0 Å². The van der Waals surface area contributed by atoms with Crippen molar-refractivity contribution >= 4 is 46.1 Å². The van der Waals surface area contributed by atoms with Crippen molar-refractivity contribution in [2.75, 3.05) is 39.3 Å². The molecular weight excluding hydrogens is 503 g/mol. The number of nitrogens with two attached hydrogens (primary N) is 1. The van der Waals surface area contributed by atoms with E-state index in [1.165, 1.54) is 5.01 Å². The van der Waals surface area contributed by atoms with Gasteiger partial charge >= 0.3 is 0 Å². The van der Waals surface area contributed by atoms with Crippen LogP contribution in [0.4, 0.5) is 10.1 Å². The highest BCUT2D eigenvalue weighted by atomic mass is 19.1. The molecule has 2 aromatic carbocycles. The number of benzene rings is 2. The van der Waals surface area contributed by atoms with Crippen LogP contribution < -0.4 is 10.7 Å². The molecular formula is C32H37FN6O. The van der Waals surface area contributed by atoms with Gasteiger partial charge in [-0.1, -0.05) is 43.0 Å². The Kier molecular flexibility index (Phi) is 7.74. The number of anilines is 1. The van der Waals surface area contributed by atoms with Crippen molar-refractivity contribution in [1.29, 1.82) is 0 Å². The van der Waals surface area contributed by atoms with Gasteiger partial charge in [-0.15, -0.1) is 0 Å². The molecule has 1 atom stereocenters. The van der Waals surface area contributed by atoms with E-state index in [-0.39, 0.29) is 17.8 Å². The number of aliphatic imine (C=N–C) groups is 1. The molecule has 40 heavy (non-hydrogen) atoms. The van der Waals surface area contributed by atoms with E-state index in [0.29, 0.717) is 30.3 Å². The summed E-state index contributed by atoms with van der Waals surface area (Å²) in [6, 6.07) is 14.1. The molecule has 0 radical (unpaired) electrons. The zero-order valence-electron chi connectivity index (χ0n) is 23.7. The molecule has 1 fully saturated rings. The highest BCUT2D eigenvalue weighted by Crippen LogP contribution is 2.44. The Balaban J connectivity index is 1.95. The minimum atomic E-state index is -0.301. The third kappa shape index (κ3) is 4.67. The lowest BCUT2D eigenvalue weighted by Crippen LogP contribution is -2.27. The first-order chi connectivity index (χ1) is 19.3. The number of fused-ring (bicyclic) bond motifs is 3. The SMILES string of the molecule is C=Cc1c(N(C)C)c(F)cc2c1c1ncc(/C(=C(\C)N=C)N(C)N)cc1n2[C@H](c1ccccc1)C1CCOCC1. The molecule has 0 aliphatic carbocycles. The van der Waals surface area contributed by atoms with Gasteiger partial charge in [0.1, 0.15) is 5.82 Å². The Bertz CT molecular complexity index is 1600. The van der Waals surface area contributed by atoms with Gasteiger partial charge in [-0.2, -0.15) is 0 Å². The number of ether oxygens (including phenoxy) is 1. The van der Waals surface area contributed by atoms with Crippen molar-refractivity contribution in [2.24, 2.45) is 16.8 Å². The van der Waals surface area contributed by atoms with Gasteiger partial charge in [0.05, 0.1) is 39.7 Å². The zero-order chi connectivity index (χ0) is 28.6. The van der Waals surface area contributed by atoms with Gasteiger partial charge in [0.15, 0.2) is 0 Å². The summed E-state index contributed by atoms with van der Waals surface area (Å²) in [6.45, 7) is 11.0. The van der Waals surface area contributed by atoms with E-state index in [9.17, 15) is 0 Å². The highest BCUT2D eigenvalue weighted by Gasteiger charge is 2.32. The summed E-state index contributed by atoms with van der Waals surface area (Å²) in [4.78, 5) is 10.9. The molecule has 1 saturated heterocycles. The second kappa shape index (κ2) is 11.2. The number of aromatic nitrogens is 2. The van der Waals surface area contributed by atoms with Gasteiger partial charge in [-0.25, -0.2) is 10.2 Å². The van der Waals surface area contributed by atoms with Crippen LogP contribution in [-0.4, -0.2) is 55.6 Å². The summed E-state index contributed by atoms with van der Waals surface area (Å²) in [5.74, 6) is 6.24. The average Bonchev–Trinajstić information content (AvgIpc) is 3.26. The molecule has 0 bridgehead atoms. The van der Waals surface area contributed by atoms with Gasteiger partial charge in [0.2, 0.25) is 0 Å². The quantitative estimate of drug-likeness (QED) is 0.163. The van der Waals surface area contributed by atoms with Gasteiger partial charge in [-0.3, -0.25) is 9.98 Å². The third-order valence-corrected chi connectivity index (χ3v) is 7.88. The Morgan fingerprint density at radius 2 is 1.88 bits per heavy atom. The zero-order valence-corrected chi connectivity index (χ0v) is 23.7. The molecule has 3 heterocycles. The maximum Gasteiger partial charge on any atom is 0.149 e. The fraction of sp³-hybridized carbons (Fsp3) is 0.312. The van der Waals surface area contributed by atoms with E-state index < -0.39 is 0 Å². The van der Waals surface area contributed by atoms with Crippen molar-refractivity contribution in [2.45, 2.75) is 25.8 Å². The van der Waals surface area contributed by atoms with E-state index in [1.807, 2.05) is 27.1 Å². The molecule has 0 amide bonds. The summed E-state index contributed by atoms with van der Waals surface area (Å²) in [5, 5.41) is 2.41. The number of nitrogens with zero attached hydrogens (tertiary/aromatic N) is 5. The minimum Gasteiger partial charge on any atom is -0.381 e. The number of hydrogen-bond acceptors (Lipinski definition) is 6. The van der Waals surface area contributed by atoms with Crippen molar-refractivity contribution in [3.05, 3.63) is 83.4 Å². The van der Waals surface area contributed by atoms with E-state index in [0.717, 1.165) is 51.5 Å². The van der Waals surface area contributed by atoms with Crippen LogP contribution in [0.25, 0.3) is 33.7 Å². The third-order valence-electron chi connectivity index (χ3n) is 7.88. The molecule has 8 heteroatoms. The first-order valence-electron chi connectivity index (χ1n) is 13.5. The lowest BCUT2D eigenvalue weighted by molar-refractivity contribution is 0.0552. The molecule has 0 saturated carbocycles. The summed E-state index contributed by atoms with van der Waals surface area (Å²) in [6.07, 6.45) is 5.33. The Hall–Kier alpha value is -4.01. The van der Waals surface area contributed by atoms with Crippen LogP contribution in [0.5, 0.6) is 0 Å². The van der Waals surface area contributed by atoms with E-state index in [4.69, 9.17) is 15.6 Å². The van der Waals surface area contributed by atoms with Crippen LogP contribution in [0.1, 0.15) is 42.5 Å². The summed E-state index contributed by atoms with van der Waals surface area (Å²) in [5.41, 5.74) is 7.03. The molecule has 2 N–H and O–H groups in total. The van der Waals surface area contributed by atoms with Crippen molar-refractivity contribution in [1.82, 2.24) is 14.6 Å². The number of hydrogen-bond donors (Lipinski definition) is 1. The Morgan fingerprint density at radius 3 is 2.48 bits per heavy atom. The smallest absolute Gasteiger partial charge is 0.149 e. The lowest BCUT2D eigenvalue weighted by atomic mass is 9.86. The largest absolute Gasteiger partial charge is 0.381 e. The van der Waals surface area contributed by atoms with Crippen LogP contribution >= 0.6 is 0 Å². The summed E-state index contributed by atoms with van der Waals surface area (Å²) in [7, 11) is 5.46. The molecule has 5 rings (SSSR count). The number of rotatable bonds is 8.